The van der Waals surface area contributed by atoms with Crippen LogP contribution < -0.4 is 19.9 Å². The van der Waals surface area contributed by atoms with Gasteiger partial charge in [0.15, 0.2) is 11.5 Å². The molecule has 0 unspecified atom stereocenters. The second-order valence-electron chi connectivity index (χ2n) is 4.85. The SMILES string of the molecule is COc1cc(C)cc(OC)c1OCc1ccc(C(N)=O)cc1. The monoisotopic (exact) mass is 301 g/mol. The average molecular weight is 301 g/mol. The van der Waals surface area contributed by atoms with Crippen molar-refractivity contribution >= 4 is 5.91 Å². The van der Waals surface area contributed by atoms with Crippen LogP contribution in [0.15, 0.2) is 36.4 Å². The molecule has 0 fully saturated rings. The Bertz CT molecular complexity index is 640. The minimum absolute atomic E-state index is 0.328. The second-order valence-corrected chi connectivity index (χ2v) is 4.85. The second kappa shape index (κ2) is 6.85. The lowest BCUT2D eigenvalue weighted by atomic mass is 10.1. The number of rotatable bonds is 6. The summed E-state index contributed by atoms with van der Waals surface area (Å²) in [4.78, 5) is 11.0. The molecule has 116 valence electrons. The van der Waals surface area contributed by atoms with Crippen molar-refractivity contribution in [3.05, 3.63) is 53.1 Å². The Hall–Kier alpha value is -2.69. The number of methoxy groups -OCH3 is 2. The average Bonchev–Trinajstić information content (AvgIpc) is 2.53. The maximum absolute atomic E-state index is 11.0. The highest BCUT2D eigenvalue weighted by Crippen LogP contribution is 2.38. The molecular formula is C17H19NO4. The van der Waals surface area contributed by atoms with Crippen molar-refractivity contribution in [2.24, 2.45) is 5.73 Å². The van der Waals surface area contributed by atoms with E-state index in [1.165, 1.54) is 0 Å². The van der Waals surface area contributed by atoms with E-state index >= 15 is 0 Å². The lowest BCUT2D eigenvalue weighted by Crippen LogP contribution is -2.10. The van der Waals surface area contributed by atoms with Crippen LogP contribution in [0, 0.1) is 6.92 Å². The van der Waals surface area contributed by atoms with Crippen molar-refractivity contribution in [3.63, 3.8) is 0 Å². The first-order valence-corrected chi connectivity index (χ1v) is 6.79. The first-order valence-electron chi connectivity index (χ1n) is 6.79. The number of carbonyl (C=O) groups is 1. The van der Waals surface area contributed by atoms with E-state index in [-0.39, 0.29) is 0 Å². The molecule has 0 saturated heterocycles. The van der Waals surface area contributed by atoms with Crippen LogP contribution in [0.4, 0.5) is 0 Å². The number of aryl methyl sites for hydroxylation is 1. The van der Waals surface area contributed by atoms with Crippen LogP contribution in [0.3, 0.4) is 0 Å². The van der Waals surface area contributed by atoms with Gasteiger partial charge < -0.3 is 19.9 Å². The number of hydrogen-bond donors (Lipinski definition) is 1. The zero-order valence-corrected chi connectivity index (χ0v) is 12.9. The number of ether oxygens (including phenoxy) is 3. The molecule has 0 saturated carbocycles. The minimum Gasteiger partial charge on any atom is -0.493 e. The number of amides is 1. The lowest BCUT2D eigenvalue weighted by Gasteiger charge is -2.15. The van der Waals surface area contributed by atoms with Crippen molar-refractivity contribution in [3.8, 4) is 17.2 Å². The molecule has 0 aliphatic heterocycles. The van der Waals surface area contributed by atoms with Crippen LogP contribution in [-0.4, -0.2) is 20.1 Å². The molecule has 2 N–H and O–H groups in total. The van der Waals surface area contributed by atoms with Crippen molar-refractivity contribution in [1.29, 1.82) is 0 Å². The van der Waals surface area contributed by atoms with Crippen LogP contribution in [0.25, 0.3) is 0 Å². The summed E-state index contributed by atoms with van der Waals surface area (Å²) in [5.41, 5.74) is 7.61. The Labute approximate surface area is 129 Å². The van der Waals surface area contributed by atoms with Crippen molar-refractivity contribution in [1.82, 2.24) is 0 Å². The largest absolute Gasteiger partial charge is 0.493 e. The number of carbonyl (C=O) groups excluding carboxylic acids is 1. The molecule has 0 atom stereocenters. The van der Waals surface area contributed by atoms with Gasteiger partial charge in [0.2, 0.25) is 11.7 Å². The Morgan fingerprint density at radius 2 is 1.59 bits per heavy atom. The standard InChI is InChI=1S/C17H19NO4/c1-11-8-14(20-2)16(15(9-11)21-3)22-10-12-4-6-13(7-5-12)17(18)19/h4-9H,10H2,1-3H3,(H2,18,19). The summed E-state index contributed by atoms with van der Waals surface area (Å²) < 4.78 is 16.5. The fourth-order valence-electron chi connectivity index (χ4n) is 2.07. The Morgan fingerprint density at radius 1 is 1.05 bits per heavy atom. The molecule has 0 aromatic heterocycles. The number of primary amides is 1. The molecule has 2 aromatic rings. The highest BCUT2D eigenvalue weighted by atomic mass is 16.5. The topological polar surface area (TPSA) is 70.8 Å². The predicted octanol–water partition coefficient (Wildman–Crippen LogP) is 2.69. The third-order valence-electron chi connectivity index (χ3n) is 3.23. The third-order valence-corrected chi connectivity index (χ3v) is 3.23. The van der Waals surface area contributed by atoms with Crippen molar-refractivity contribution < 1.29 is 19.0 Å². The van der Waals surface area contributed by atoms with Gasteiger partial charge in [-0.1, -0.05) is 12.1 Å². The maximum atomic E-state index is 11.0. The summed E-state index contributed by atoms with van der Waals surface area (Å²) in [6.07, 6.45) is 0. The molecular weight excluding hydrogens is 282 g/mol. The van der Waals surface area contributed by atoms with E-state index < -0.39 is 5.91 Å². The van der Waals surface area contributed by atoms with E-state index in [9.17, 15) is 4.79 Å². The van der Waals surface area contributed by atoms with Crippen LogP contribution in [-0.2, 0) is 6.61 Å². The Balaban J connectivity index is 2.18. The third kappa shape index (κ3) is 3.49. The van der Waals surface area contributed by atoms with E-state index in [1.54, 1.807) is 38.5 Å². The maximum Gasteiger partial charge on any atom is 0.248 e. The fourth-order valence-corrected chi connectivity index (χ4v) is 2.07. The lowest BCUT2D eigenvalue weighted by molar-refractivity contribution is 0.1000. The Morgan fingerprint density at radius 3 is 2.05 bits per heavy atom. The molecule has 1 amide bonds. The quantitative estimate of drug-likeness (QED) is 0.890. The van der Waals surface area contributed by atoms with Gasteiger partial charge in [-0.05, 0) is 42.3 Å². The van der Waals surface area contributed by atoms with Gasteiger partial charge in [0.25, 0.3) is 0 Å². The normalized spacial score (nSPS) is 10.1. The highest BCUT2D eigenvalue weighted by molar-refractivity contribution is 5.92. The first kappa shape index (κ1) is 15.7. The van der Waals surface area contributed by atoms with Crippen molar-refractivity contribution in [2.75, 3.05) is 14.2 Å². The first-order chi connectivity index (χ1) is 10.5. The van der Waals surface area contributed by atoms with Gasteiger partial charge in [-0.3, -0.25) is 4.79 Å². The summed E-state index contributed by atoms with van der Waals surface area (Å²) in [6.45, 7) is 2.28. The minimum atomic E-state index is -0.450. The van der Waals surface area contributed by atoms with Gasteiger partial charge in [0.1, 0.15) is 6.61 Å². The molecule has 0 bridgehead atoms. The zero-order chi connectivity index (χ0) is 16.1. The summed E-state index contributed by atoms with van der Waals surface area (Å²) in [7, 11) is 3.17. The summed E-state index contributed by atoms with van der Waals surface area (Å²) >= 11 is 0. The highest BCUT2D eigenvalue weighted by Gasteiger charge is 2.13. The Kier molecular flexibility index (Phi) is 4.88. The van der Waals surface area contributed by atoms with Crippen LogP contribution in [0.5, 0.6) is 17.2 Å². The van der Waals surface area contributed by atoms with E-state index in [4.69, 9.17) is 19.9 Å². The molecule has 0 aliphatic rings. The summed E-state index contributed by atoms with van der Waals surface area (Å²) in [5.74, 6) is 1.33. The molecule has 0 radical (unpaired) electrons. The van der Waals surface area contributed by atoms with Gasteiger partial charge in [-0.25, -0.2) is 0 Å². The van der Waals surface area contributed by atoms with E-state index in [0.717, 1.165) is 11.1 Å². The van der Waals surface area contributed by atoms with Crippen LogP contribution in [0.1, 0.15) is 21.5 Å². The molecule has 2 rings (SSSR count). The van der Waals surface area contributed by atoms with E-state index in [0.29, 0.717) is 29.4 Å². The number of benzene rings is 2. The summed E-state index contributed by atoms with van der Waals surface area (Å²) in [6, 6.07) is 10.7. The molecule has 22 heavy (non-hydrogen) atoms. The number of nitrogens with two attached hydrogens (primary N) is 1. The van der Waals surface area contributed by atoms with Gasteiger partial charge in [0, 0.05) is 5.56 Å². The fraction of sp³-hybridized carbons (Fsp3) is 0.235. The predicted molar refractivity (Wildman–Crippen MR) is 83.6 cm³/mol. The molecule has 0 aliphatic carbocycles. The smallest absolute Gasteiger partial charge is 0.248 e. The molecule has 5 heteroatoms. The van der Waals surface area contributed by atoms with Crippen molar-refractivity contribution in [2.45, 2.75) is 13.5 Å². The molecule has 0 spiro atoms. The number of hydrogen-bond acceptors (Lipinski definition) is 4. The van der Waals surface area contributed by atoms with Gasteiger partial charge in [-0.15, -0.1) is 0 Å². The van der Waals surface area contributed by atoms with Gasteiger partial charge in [-0.2, -0.15) is 0 Å². The molecule has 0 heterocycles. The zero-order valence-electron chi connectivity index (χ0n) is 12.9. The van der Waals surface area contributed by atoms with Crippen LogP contribution >= 0.6 is 0 Å². The summed E-state index contributed by atoms with van der Waals surface area (Å²) in [5, 5.41) is 0. The van der Waals surface area contributed by atoms with E-state index in [1.807, 2.05) is 19.1 Å². The molecule has 2 aromatic carbocycles. The van der Waals surface area contributed by atoms with Gasteiger partial charge >= 0.3 is 0 Å². The molecule has 5 nitrogen and oxygen atoms in total. The van der Waals surface area contributed by atoms with E-state index in [2.05, 4.69) is 0 Å². The van der Waals surface area contributed by atoms with Crippen LogP contribution in [0.2, 0.25) is 0 Å². The van der Waals surface area contributed by atoms with Gasteiger partial charge in [0.05, 0.1) is 14.2 Å².